The molecule has 1 N–H and O–H groups in total. The lowest BCUT2D eigenvalue weighted by molar-refractivity contribution is -0.127. The molecule has 2 aromatic heterocycles. The van der Waals surface area contributed by atoms with E-state index < -0.39 is 23.7 Å². The minimum absolute atomic E-state index is 0.172. The van der Waals surface area contributed by atoms with Crippen molar-refractivity contribution in [3.8, 4) is 0 Å². The number of anilines is 1. The van der Waals surface area contributed by atoms with Crippen LogP contribution in [0.25, 0.3) is 11.0 Å². The largest absolute Gasteiger partial charge is 0.467 e. The van der Waals surface area contributed by atoms with Gasteiger partial charge < -0.3 is 9.73 Å². The number of hydrogen-bond donors (Lipinski definition) is 1. The minimum Gasteiger partial charge on any atom is -0.467 e. The van der Waals surface area contributed by atoms with Gasteiger partial charge in [-0.2, -0.15) is 0 Å². The zero-order chi connectivity index (χ0) is 24.1. The molecule has 0 saturated heterocycles. The van der Waals surface area contributed by atoms with Crippen LogP contribution in [0.1, 0.15) is 32.1 Å². The Morgan fingerprint density at radius 3 is 2.56 bits per heavy atom. The van der Waals surface area contributed by atoms with Gasteiger partial charge in [-0.3, -0.25) is 14.5 Å². The third kappa shape index (κ3) is 5.14. The van der Waals surface area contributed by atoms with E-state index in [0.717, 1.165) is 6.42 Å². The van der Waals surface area contributed by atoms with Gasteiger partial charge in [0.2, 0.25) is 5.91 Å². The maximum Gasteiger partial charge on any atom is 0.251 e. The number of furan rings is 1. The van der Waals surface area contributed by atoms with Crippen LogP contribution in [0.15, 0.2) is 71.3 Å². The van der Waals surface area contributed by atoms with Gasteiger partial charge in [-0.15, -0.1) is 5.10 Å². The molecular formula is C25H26FN5O3. The number of aromatic nitrogens is 3. The zero-order valence-electron chi connectivity index (χ0n) is 19.0. The van der Waals surface area contributed by atoms with E-state index >= 15 is 0 Å². The second kappa shape index (κ2) is 10.3. The highest BCUT2D eigenvalue weighted by Gasteiger charge is 2.35. The van der Waals surface area contributed by atoms with Gasteiger partial charge in [-0.05, 0) is 60.9 Å². The first-order valence-electron chi connectivity index (χ1n) is 11.1. The van der Waals surface area contributed by atoms with E-state index in [9.17, 15) is 14.0 Å². The molecule has 0 aliphatic carbocycles. The van der Waals surface area contributed by atoms with Gasteiger partial charge in [0.15, 0.2) is 6.04 Å². The fourth-order valence-corrected chi connectivity index (χ4v) is 3.68. The van der Waals surface area contributed by atoms with Crippen molar-refractivity contribution in [1.82, 2.24) is 20.3 Å². The summed E-state index contributed by atoms with van der Waals surface area (Å²) in [6.45, 7) is 4.40. The number of nitrogens with zero attached hydrogens (tertiary/aromatic N) is 4. The van der Waals surface area contributed by atoms with Crippen LogP contribution in [0.4, 0.5) is 10.1 Å². The van der Waals surface area contributed by atoms with Gasteiger partial charge in [0.25, 0.3) is 5.91 Å². The molecule has 8 nitrogen and oxygen atoms in total. The van der Waals surface area contributed by atoms with Crippen molar-refractivity contribution in [2.45, 2.75) is 32.9 Å². The van der Waals surface area contributed by atoms with Crippen LogP contribution in [-0.2, 0) is 16.1 Å². The lowest BCUT2D eigenvalue weighted by Crippen LogP contribution is -2.45. The fourth-order valence-electron chi connectivity index (χ4n) is 3.68. The predicted molar refractivity (Wildman–Crippen MR) is 125 cm³/mol. The Balaban J connectivity index is 1.71. The summed E-state index contributed by atoms with van der Waals surface area (Å²) in [5.41, 5.74) is 1.69. The molecule has 0 saturated carbocycles. The summed E-state index contributed by atoms with van der Waals surface area (Å²) < 4.78 is 20.7. The molecule has 0 spiro atoms. The number of halogens is 1. The molecule has 0 unspecified atom stereocenters. The highest BCUT2D eigenvalue weighted by atomic mass is 19.1. The van der Waals surface area contributed by atoms with Crippen molar-refractivity contribution in [3.05, 3.63) is 78.5 Å². The summed E-state index contributed by atoms with van der Waals surface area (Å²) in [5.74, 6) is -0.574. The number of carbonyl (C=O) groups is 2. The van der Waals surface area contributed by atoms with Crippen LogP contribution >= 0.6 is 0 Å². The van der Waals surface area contributed by atoms with E-state index in [4.69, 9.17) is 4.42 Å². The van der Waals surface area contributed by atoms with Crippen LogP contribution < -0.4 is 10.2 Å². The molecule has 0 bridgehead atoms. The molecule has 1 atom stereocenters. The van der Waals surface area contributed by atoms with Gasteiger partial charge in [0.05, 0.1) is 11.8 Å². The fraction of sp³-hybridized carbons (Fsp3) is 0.280. The quantitative estimate of drug-likeness (QED) is 0.403. The zero-order valence-corrected chi connectivity index (χ0v) is 19.0. The molecule has 0 fully saturated rings. The molecule has 0 radical (unpaired) electrons. The summed E-state index contributed by atoms with van der Waals surface area (Å²) in [5, 5.41) is 11.1. The number of rotatable bonds is 9. The first-order chi connectivity index (χ1) is 16.4. The Bertz CT molecular complexity index is 1250. The van der Waals surface area contributed by atoms with E-state index in [1.165, 1.54) is 40.1 Å². The molecule has 34 heavy (non-hydrogen) atoms. The molecule has 2 heterocycles. The number of carbonyl (C=O) groups excluding carboxylic acids is 2. The molecule has 9 heteroatoms. The molecule has 2 amide bonds. The van der Waals surface area contributed by atoms with Crippen LogP contribution in [0.5, 0.6) is 0 Å². The maximum absolute atomic E-state index is 13.7. The third-order valence-corrected chi connectivity index (χ3v) is 5.42. The number of benzene rings is 2. The average Bonchev–Trinajstić information content (AvgIpc) is 3.48. The lowest BCUT2D eigenvalue weighted by atomic mass is 10.1. The van der Waals surface area contributed by atoms with Crippen LogP contribution in [0, 0.1) is 11.7 Å². The normalized spacial score (nSPS) is 12.1. The van der Waals surface area contributed by atoms with Gasteiger partial charge >= 0.3 is 0 Å². The van der Waals surface area contributed by atoms with Gasteiger partial charge in [-0.25, -0.2) is 9.07 Å². The summed E-state index contributed by atoms with van der Waals surface area (Å²) >= 11 is 0. The minimum atomic E-state index is -1.09. The molecule has 0 aliphatic rings. The number of nitrogens with one attached hydrogen (secondary N) is 1. The summed E-state index contributed by atoms with van der Waals surface area (Å²) in [6.07, 6.45) is 2.23. The van der Waals surface area contributed by atoms with Crippen molar-refractivity contribution in [2.24, 2.45) is 5.92 Å². The van der Waals surface area contributed by atoms with E-state index in [-0.39, 0.29) is 6.54 Å². The average molecular weight is 464 g/mol. The monoisotopic (exact) mass is 463 g/mol. The van der Waals surface area contributed by atoms with Gasteiger partial charge in [0.1, 0.15) is 23.6 Å². The van der Waals surface area contributed by atoms with E-state index in [2.05, 4.69) is 29.5 Å². The number of para-hydroxylation sites is 1. The predicted octanol–water partition coefficient (Wildman–Crippen LogP) is 4.10. The summed E-state index contributed by atoms with van der Waals surface area (Å²) in [7, 11) is 0. The number of hydrogen-bond acceptors (Lipinski definition) is 5. The number of fused-ring (bicyclic) bond motifs is 1. The van der Waals surface area contributed by atoms with E-state index in [1.807, 2.05) is 18.2 Å². The highest BCUT2D eigenvalue weighted by Crippen LogP contribution is 2.29. The van der Waals surface area contributed by atoms with Crippen molar-refractivity contribution >= 4 is 28.5 Å². The van der Waals surface area contributed by atoms with E-state index in [0.29, 0.717) is 34.9 Å². The van der Waals surface area contributed by atoms with Crippen LogP contribution in [0.2, 0.25) is 0 Å². The number of amides is 2. The first kappa shape index (κ1) is 23.2. The van der Waals surface area contributed by atoms with Crippen molar-refractivity contribution in [2.75, 3.05) is 11.4 Å². The Hall–Kier alpha value is -4.01. The molecule has 0 aliphatic heterocycles. The van der Waals surface area contributed by atoms with Gasteiger partial charge in [-0.1, -0.05) is 31.2 Å². The molecule has 2 aromatic carbocycles. The van der Waals surface area contributed by atoms with E-state index in [1.54, 1.807) is 18.2 Å². The smallest absolute Gasteiger partial charge is 0.251 e. The molecular weight excluding hydrogens is 437 g/mol. The summed E-state index contributed by atoms with van der Waals surface area (Å²) in [6, 6.07) is 14.9. The second-order valence-electron chi connectivity index (χ2n) is 8.37. The SMILES string of the molecule is CC(C)CCNC(=O)[C@H](c1ccco1)N(C(=O)Cn1nnc2ccccc21)c1ccc(F)cc1. The van der Waals surface area contributed by atoms with Crippen molar-refractivity contribution in [1.29, 1.82) is 0 Å². The first-order valence-corrected chi connectivity index (χ1v) is 11.1. The highest BCUT2D eigenvalue weighted by molar-refractivity contribution is 6.01. The van der Waals surface area contributed by atoms with Crippen molar-refractivity contribution in [3.63, 3.8) is 0 Å². The Labute approximate surface area is 196 Å². The second-order valence-corrected chi connectivity index (χ2v) is 8.37. The molecule has 4 rings (SSSR count). The lowest BCUT2D eigenvalue weighted by Gasteiger charge is -2.30. The Morgan fingerprint density at radius 2 is 1.85 bits per heavy atom. The topological polar surface area (TPSA) is 93.3 Å². The van der Waals surface area contributed by atoms with Crippen LogP contribution in [-0.4, -0.2) is 33.4 Å². The Kier molecular flexibility index (Phi) is 7.01. The maximum atomic E-state index is 13.7. The Morgan fingerprint density at radius 1 is 1.09 bits per heavy atom. The van der Waals surface area contributed by atoms with Crippen molar-refractivity contribution < 1.29 is 18.4 Å². The van der Waals surface area contributed by atoms with Gasteiger partial charge in [0, 0.05) is 12.2 Å². The summed E-state index contributed by atoms with van der Waals surface area (Å²) in [4.78, 5) is 28.4. The van der Waals surface area contributed by atoms with Crippen LogP contribution in [0.3, 0.4) is 0 Å². The third-order valence-electron chi connectivity index (χ3n) is 5.42. The molecule has 176 valence electrons. The molecule has 4 aromatic rings. The standard InChI is InChI=1S/C25H26FN5O3/c1-17(2)13-14-27-25(33)24(22-8-5-15-34-22)31(19-11-9-18(26)10-12-19)23(32)16-30-21-7-4-3-6-20(21)28-29-30/h3-12,15,17,24H,13-14,16H2,1-2H3,(H,27,33)/t24-/m0/s1.